The van der Waals surface area contributed by atoms with Gasteiger partial charge in [-0.2, -0.15) is 0 Å². The number of hydrogen-bond acceptors (Lipinski definition) is 2. The molecular formula is C16H21BrN2. The van der Waals surface area contributed by atoms with Crippen LogP contribution in [0.1, 0.15) is 39.8 Å². The summed E-state index contributed by atoms with van der Waals surface area (Å²) in [6.07, 6.45) is 1.11. The first kappa shape index (κ1) is 14.3. The molecule has 1 aromatic carbocycles. The van der Waals surface area contributed by atoms with Crippen LogP contribution < -0.4 is 5.32 Å². The molecule has 0 fully saturated rings. The van der Waals surface area contributed by atoms with Gasteiger partial charge in [-0.1, -0.05) is 43.6 Å². The van der Waals surface area contributed by atoms with Crippen molar-refractivity contribution in [3.63, 3.8) is 0 Å². The van der Waals surface area contributed by atoms with E-state index in [2.05, 4.69) is 67.1 Å². The van der Waals surface area contributed by atoms with Gasteiger partial charge in [0.05, 0.1) is 5.52 Å². The standard InChI is InChI=1S/C16H21BrN2/c1-5-8-18-14-10-15(16(2,3)4)19-13-7-6-11(17)9-12(13)14/h6-7,9-10H,5,8H2,1-4H3,(H,18,19). The third-order valence-corrected chi connectivity index (χ3v) is 3.60. The average molecular weight is 321 g/mol. The van der Waals surface area contributed by atoms with Crippen LogP contribution in [0.2, 0.25) is 0 Å². The van der Waals surface area contributed by atoms with Gasteiger partial charge < -0.3 is 5.32 Å². The lowest BCUT2D eigenvalue weighted by Gasteiger charge is -2.20. The van der Waals surface area contributed by atoms with Crippen molar-refractivity contribution in [2.45, 2.75) is 39.5 Å². The van der Waals surface area contributed by atoms with Gasteiger partial charge in [0.25, 0.3) is 0 Å². The van der Waals surface area contributed by atoms with Gasteiger partial charge in [0.2, 0.25) is 0 Å². The number of nitrogens with one attached hydrogen (secondary N) is 1. The number of benzene rings is 1. The lowest BCUT2D eigenvalue weighted by atomic mass is 9.90. The van der Waals surface area contributed by atoms with Crippen molar-refractivity contribution < 1.29 is 0 Å². The Kier molecular flexibility index (Phi) is 4.14. The highest BCUT2D eigenvalue weighted by atomic mass is 79.9. The number of rotatable bonds is 3. The molecule has 19 heavy (non-hydrogen) atoms. The van der Waals surface area contributed by atoms with E-state index >= 15 is 0 Å². The Morgan fingerprint density at radius 3 is 2.58 bits per heavy atom. The van der Waals surface area contributed by atoms with Gasteiger partial charge in [-0.25, -0.2) is 0 Å². The molecular weight excluding hydrogens is 300 g/mol. The van der Waals surface area contributed by atoms with Crippen molar-refractivity contribution >= 4 is 32.5 Å². The molecule has 0 bridgehead atoms. The van der Waals surface area contributed by atoms with E-state index < -0.39 is 0 Å². The molecule has 0 saturated heterocycles. The fourth-order valence-electron chi connectivity index (χ4n) is 1.99. The van der Waals surface area contributed by atoms with Crippen LogP contribution in [0.25, 0.3) is 10.9 Å². The molecule has 1 N–H and O–H groups in total. The van der Waals surface area contributed by atoms with Gasteiger partial charge in [-0.05, 0) is 30.7 Å². The first-order chi connectivity index (χ1) is 8.91. The van der Waals surface area contributed by atoms with Crippen LogP contribution in [0.5, 0.6) is 0 Å². The van der Waals surface area contributed by atoms with Crippen molar-refractivity contribution in [1.29, 1.82) is 0 Å². The minimum absolute atomic E-state index is 0.0594. The predicted octanol–water partition coefficient (Wildman–Crippen LogP) is 5.12. The van der Waals surface area contributed by atoms with Crippen molar-refractivity contribution in [3.05, 3.63) is 34.4 Å². The van der Waals surface area contributed by atoms with Gasteiger partial charge >= 0.3 is 0 Å². The van der Waals surface area contributed by atoms with Crippen molar-refractivity contribution in [1.82, 2.24) is 4.98 Å². The molecule has 2 rings (SSSR count). The van der Waals surface area contributed by atoms with Crippen LogP contribution in [0, 0.1) is 0 Å². The molecule has 0 amide bonds. The number of nitrogens with zero attached hydrogens (tertiary/aromatic N) is 1. The van der Waals surface area contributed by atoms with E-state index in [0.717, 1.165) is 28.6 Å². The summed E-state index contributed by atoms with van der Waals surface area (Å²) in [4.78, 5) is 4.80. The second kappa shape index (κ2) is 5.49. The summed E-state index contributed by atoms with van der Waals surface area (Å²) in [5, 5.41) is 4.69. The SMILES string of the molecule is CCCNc1cc(C(C)(C)C)nc2ccc(Br)cc12. The molecule has 1 heterocycles. The van der Waals surface area contributed by atoms with Crippen molar-refractivity contribution in [2.75, 3.05) is 11.9 Å². The number of halogens is 1. The molecule has 0 aliphatic carbocycles. The van der Waals surface area contributed by atoms with E-state index in [9.17, 15) is 0 Å². The lowest BCUT2D eigenvalue weighted by molar-refractivity contribution is 0.572. The second-order valence-electron chi connectivity index (χ2n) is 5.89. The van der Waals surface area contributed by atoms with Crippen LogP contribution in [-0.4, -0.2) is 11.5 Å². The van der Waals surface area contributed by atoms with Crippen LogP contribution >= 0.6 is 15.9 Å². The van der Waals surface area contributed by atoms with E-state index in [1.54, 1.807) is 0 Å². The summed E-state index contributed by atoms with van der Waals surface area (Å²) < 4.78 is 1.09. The molecule has 0 radical (unpaired) electrons. The molecule has 3 heteroatoms. The minimum atomic E-state index is 0.0594. The molecule has 0 spiro atoms. The molecule has 0 unspecified atom stereocenters. The van der Waals surface area contributed by atoms with Gasteiger partial charge in [0.1, 0.15) is 0 Å². The number of fused-ring (bicyclic) bond motifs is 1. The Morgan fingerprint density at radius 1 is 1.21 bits per heavy atom. The van der Waals surface area contributed by atoms with Crippen molar-refractivity contribution in [3.8, 4) is 0 Å². The normalized spacial score (nSPS) is 11.8. The highest BCUT2D eigenvalue weighted by molar-refractivity contribution is 9.10. The maximum Gasteiger partial charge on any atom is 0.0727 e. The molecule has 0 aliphatic heterocycles. The first-order valence-electron chi connectivity index (χ1n) is 6.76. The predicted molar refractivity (Wildman–Crippen MR) is 86.9 cm³/mol. The third kappa shape index (κ3) is 3.27. The Morgan fingerprint density at radius 2 is 1.95 bits per heavy atom. The summed E-state index contributed by atoms with van der Waals surface area (Å²) in [6, 6.07) is 8.44. The fraction of sp³-hybridized carbons (Fsp3) is 0.438. The van der Waals surface area contributed by atoms with Crippen LogP contribution in [0.15, 0.2) is 28.7 Å². The summed E-state index contributed by atoms with van der Waals surface area (Å²) in [7, 11) is 0. The largest absolute Gasteiger partial charge is 0.384 e. The first-order valence-corrected chi connectivity index (χ1v) is 7.56. The molecule has 0 atom stereocenters. The van der Waals surface area contributed by atoms with E-state index in [4.69, 9.17) is 4.98 Å². The molecule has 0 saturated carbocycles. The number of hydrogen-bond donors (Lipinski definition) is 1. The third-order valence-electron chi connectivity index (χ3n) is 3.10. The quantitative estimate of drug-likeness (QED) is 0.849. The Balaban J connectivity index is 2.62. The topological polar surface area (TPSA) is 24.9 Å². The van der Waals surface area contributed by atoms with Crippen molar-refractivity contribution in [2.24, 2.45) is 0 Å². The lowest BCUT2D eigenvalue weighted by Crippen LogP contribution is -2.14. The Hall–Kier alpha value is -1.09. The number of anilines is 1. The highest BCUT2D eigenvalue weighted by Gasteiger charge is 2.17. The van der Waals surface area contributed by atoms with E-state index in [1.165, 1.54) is 11.1 Å². The van der Waals surface area contributed by atoms with E-state index in [1.807, 2.05) is 6.07 Å². The summed E-state index contributed by atoms with van der Waals surface area (Å²) in [6.45, 7) is 9.75. The van der Waals surface area contributed by atoms with Gasteiger partial charge in [0, 0.05) is 33.2 Å². The van der Waals surface area contributed by atoms with Crippen LogP contribution in [0.4, 0.5) is 5.69 Å². The minimum Gasteiger partial charge on any atom is -0.384 e. The zero-order chi connectivity index (χ0) is 14.0. The molecule has 1 aromatic heterocycles. The molecule has 102 valence electrons. The highest BCUT2D eigenvalue weighted by Crippen LogP contribution is 2.30. The smallest absolute Gasteiger partial charge is 0.0727 e. The maximum absolute atomic E-state index is 4.80. The number of aromatic nitrogens is 1. The summed E-state index contributed by atoms with van der Waals surface area (Å²) >= 11 is 3.54. The zero-order valence-electron chi connectivity index (χ0n) is 12.0. The number of pyridine rings is 1. The van der Waals surface area contributed by atoms with Gasteiger partial charge in [-0.15, -0.1) is 0 Å². The average Bonchev–Trinajstić information content (AvgIpc) is 2.34. The van der Waals surface area contributed by atoms with E-state index in [-0.39, 0.29) is 5.41 Å². The Bertz CT molecular complexity index is 585. The maximum atomic E-state index is 4.80. The van der Waals surface area contributed by atoms with Crippen LogP contribution in [-0.2, 0) is 5.41 Å². The van der Waals surface area contributed by atoms with E-state index in [0.29, 0.717) is 0 Å². The zero-order valence-corrected chi connectivity index (χ0v) is 13.6. The molecule has 0 aliphatic rings. The summed E-state index contributed by atoms with van der Waals surface area (Å²) in [5.74, 6) is 0. The van der Waals surface area contributed by atoms with Gasteiger partial charge in [-0.3, -0.25) is 4.98 Å². The van der Waals surface area contributed by atoms with Gasteiger partial charge in [0.15, 0.2) is 0 Å². The fourth-order valence-corrected chi connectivity index (χ4v) is 2.35. The molecule has 2 aromatic rings. The second-order valence-corrected chi connectivity index (χ2v) is 6.81. The summed E-state index contributed by atoms with van der Waals surface area (Å²) in [5.41, 5.74) is 3.41. The monoisotopic (exact) mass is 320 g/mol. The van der Waals surface area contributed by atoms with Crippen LogP contribution in [0.3, 0.4) is 0 Å². The Labute approximate surface area is 123 Å². The molecule has 2 nitrogen and oxygen atoms in total.